The molecule has 0 aliphatic heterocycles. The second kappa shape index (κ2) is 6.80. The number of quaternary nitrogens is 2. The Morgan fingerprint density at radius 1 is 0.800 bits per heavy atom. The van der Waals surface area contributed by atoms with E-state index in [0.717, 1.165) is 13.1 Å². The highest BCUT2D eigenvalue weighted by Crippen LogP contribution is 2.22. The summed E-state index contributed by atoms with van der Waals surface area (Å²) in [5, 5.41) is 0. The lowest BCUT2D eigenvalue weighted by molar-refractivity contribution is -0.367. The SMILES string of the molecule is C[Si](C)(CCC[NH3+])O[Si](C)(C)CCC[NH3+]. The Kier molecular flexibility index (Phi) is 6.94. The Balaban J connectivity index is 4.04. The fraction of sp³-hybridized carbons (Fsp3) is 1.00. The van der Waals surface area contributed by atoms with E-state index in [0.29, 0.717) is 0 Å². The Morgan fingerprint density at radius 2 is 1.13 bits per heavy atom. The molecule has 6 N–H and O–H groups in total. The van der Waals surface area contributed by atoms with Gasteiger partial charge in [-0.25, -0.2) is 0 Å². The standard InChI is InChI=1S/C10H28N2OSi2/c1-14(2,9-5-7-11)13-15(3,4)10-6-8-12/h5-12H2,1-4H3/p+2. The molecule has 0 radical (unpaired) electrons. The molecule has 0 bridgehead atoms. The van der Waals surface area contributed by atoms with Gasteiger partial charge in [0.2, 0.25) is 0 Å². The summed E-state index contributed by atoms with van der Waals surface area (Å²) >= 11 is 0. The van der Waals surface area contributed by atoms with E-state index in [1.807, 2.05) is 0 Å². The van der Waals surface area contributed by atoms with Crippen molar-refractivity contribution in [1.29, 1.82) is 0 Å². The topological polar surface area (TPSA) is 64.5 Å². The molecule has 92 valence electrons. The van der Waals surface area contributed by atoms with Crippen molar-refractivity contribution in [2.45, 2.75) is 51.1 Å². The number of rotatable bonds is 8. The smallest absolute Gasteiger partial charge is 0.173 e. The lowest BCUT2D eigenvalue weighted by Crippen LogP contribution is -2.52. The highest BCUT2D eigenvalue weighted by Gasteiger charge is 2.32. The normalized spacial score (nSPS) is 13.2. The number of hydrogen-bond donors (Lipinski definition) is 2. The molecule has 0 aliphatic carbocycles. The summed E-state index contributed by atoms with van der Waals surface area (Å²) in [4.78, 5) is 0. The van der Waals surface area contributed by atoms with E-state index in [1.54, 1.807) is 0 Å². The van der Waals surface area contributed by atoms with Crippen LogP contribution in [0.2, 0.25) is 38.3 Å². The van der Waals surface area contributed by atoms with Gasteiger partial charge in [0.15, 0.2) is 16.6 Å². The highest BCUT2D eigenvalue weighted by atomic mass is 28.4. The minimum atomic E-state index is -1.41. The summed E-state index contributed by atoms with van der Waals surface area (Å²) in [6, 6.07) is 2.52. The Morgan fingerprint density at radius 3 is 1.40 bits per heavy atom. The summed E-state index contributed by atoms with van der Waals surface area (Å²) in [7, 11) is -2.82. The minimum Gasteiger partial charge on any atom is -0.455 e. The quantitative estimate of drug-likeness (QED) is 0.611. The van der Waals surface area contributed by atoms with Crippen molar-refractivity contribution in [2.75, 3.05) is 13.1 Å². The van der Waals surface area contributed by atoms with Crippen LogP contribution in [-0.2, 0) is 4.12 Å². The third kappa shape index (κ3) is 8.16. The van der Waals surface area contributed by atoms with E-state index in [4.69, 9.17) is 4.12 Å². The highest BCUT2D eigenvalue weighted by molar-refractivity contribution is 6.84. The van der Waals surface area contributed by atoms with E-state index in [9.17, 15) is 0 Å². The van der Waals surface area contributed by atoms with Crippen LogP contribution in [0, 0.1) is 0 Å². The van der Waals surface area contributed by atoms with Crippen LogP contribution in [0.4, 0.5) is 0 Å². The van der Waals surface area contributed by atoms with Crippen LogP contribution in [0.15, 0.2) is 0 Å². The van der Waals surface area contributed by atoms with Gasteiger partial charge in [0.1, 0.15) is 0 Å². The summed E-state index contributed by atoms with van der Waals surface area (Å²) in [6.07, 6.45) is 2.44. The molecule has 0 saturated carbocycles. The maximum atomic E-state index is 6.45. The molecule has 5 heteroatoms. The van der Waals surface area contributed by atoms with E-state index in [1.165, 1.54) is 24.9 Å². The van der Waals surface area contributed by atoms with Crippen molar-refractivity contribution >= 4 is 16.6 Å². The van der Waals surface area contributed by atoms with Gasteiger partial charge in [-0.2, -0.15) is 0 Å². The maximum absolute atomic E-state index is 6.45. The van der Waals surface area contributed by atoms with Crippen LogP contribution in [0.25, 0.3) is 0 Å². The van der Waals surface area contributed by atoms with Crippen LogP contribution in [0.1, 0.15) is 12.8 Å². The van der Waals surface area contributed by atoms with E-state index >= 15 is 0 Å². The lowest BCUT2D eigenvalue weighted by atomic mass is 10.5. The minimum absolute atomic E-state index is 1.04. The van der Waals surface area contributed by atoms with Crippen LogP contribution < -0.4 is 11.5 Å². The van der Waals surface area contributed by atoms with Gasteiger partial charge in [-0.05, 0) is 51.1 Å². The van der Waals surface area contributed by atoms with Gasteiger partial charge in [0, 0.05) is 0 Å². The maximum Gasteiger partial charge on any atom is 0.173 e. The second-order valence-corrected chi connectivity index (χ2v) is 14.4. The molecule has 0 unspecified atom stereocenters. The van der Waals surface area contributed by atoms with Crippen molar-refractivity contribution < 1.29 is 15.6 Å². The first-order valence-corrected chi connectivity index (χ1v) is 12.3. The third-order valence-electron chi connectivity index (χ3n) is 2.61. The van der Waals surface area contributed by atoms with Crippen molar-refractivity contribution in [3.8, 4) is 0 Å². The van der Waals surface area contributed by atoms with Gasteiger partial charge in [0.05, 0.1) is 13.1 Å². The lowest BCUT2D eigenvalue weighted by Gasteiger charge is -2.33. The van der Waals surface area contributed by atoms with Crippen molar-refractivity contribution in [1.82, 2.24) is 0 Å². The molecular weight excluding hydrogens is 220 g/mol. The molecule has 0 atom stereocenters. The summed E-state index contributed by atoms with van der Waals surface area (Å²) in [6.45, 7) is 11.5. The van der Waals surface area contributed by atoms with E-state index in [-0.39, 0.29) is 0 Å². The summed E-state index contributed by atoms with van der Waals surface area (Å²) in [5.74, 6) is 0. The molecule has 0 aromatic rings. The zero-order valence-electron chi connectivity index (χ0n) is 11.1. The van der Waals surface area contributed by atoms with Crippen LogP contribution in [0.5, 0.6) is 0 Å². The largest absolute Gasteiger partial charge is 0.455 e. The molecule has 0 aromatic carbocycles. The van der Waals surface area contributed by atoms with Gasteiger partial charge in [-0.1, -0.05) is 0 Å². The molecular formula is C10H30N2OSi2+2. The predicted molar refractivity (Wildman–Crippen MR) is 70.4 cm³/mol. The Labute approximate surface area is 96.8 Å². The molecule has 0 amide bonds. The molecule has 0 rings (SSSR count). The van der Waals surface area contributed by atoms with E-state index < -0.39 is 16.6 Å². The average molecular weight is 251 g/mol. The molecule has 3 nitrogen and oxygen atoms in total. The monoisotopic (exact) mass is 250 g/mol. The van der Waals surface area contributed by atoms with Gasteiger partial charge in [0.25, 0.3) is 0 Å². The first kappa shape index (κ1) is 15.3. The fourth-order valence-corrected chi connectivity index (χ4v) is 11.0. The molecule has 0 spiro atoms. The fourth-order valence-electron chi connectivity index (χ4n) is 1.95. The van der Waals surface area contributed by atoms with Crippen LogP contribution >= 0.6 is 0 Å². The molecule has 0 heterocycles. The molecule has 15 heavy (non-hydrogen) atoms. The first-order chi connectivity index (χ1) is 6.83. The van der Waals surface area contributed by atoms with Gasteiger partial charge < -0.3 is 15.6 Å². The number of hydrogen-bond acceptors (Lipinski definition) is 1. The van der Waals surface area contributed by atoms with E-state index in [2.05, 4.69) is 37.7 Å². The van der Waals surface area contributed by atoms with Crippen LogP contribution in [0.3, 0.4) is 0 Å². The van der Waals surface area contributed by atoms with Gasteiger partial charge in [-0.15, -0.1) is 0 Å². The Hall–Kier alpha value is 0.314. The predicted octanol–water partition coefficient (Wildman–Crippen LogP) is 0.677. The van der Waals surface area contributed by atoms with Crippen molar-refractivity contribution in [2.24, 2.45) is 0 Å². The third-order valence-corrected chi connectivity index (χ3v) is 10.1. The van der Waals surface area contributed by atoms with Crippen molar-refractivity contribution in [3.63, 3.8) is 0 Å². The molecule has 0 fully saturated rings. The zero-order valence-corrected chi connectivity index (χ0v) is 13.1. The Bertz CT molecular complexity index is 157. The van der Waals surface area contributed by atoms with Crippen LogP contribution in [-0.4, -0.2) is 29.7 Å². The summed E-state index contributed by atoms with van der Waals surface area (Å²) in [5.41, 5.74) is 7.81. The average Bonchev–Trinajstić information content (AvgIpc) is 2.10. The van der Waals surface area contributed by atoms with Crippen molar-refractivity contribution in [3.05, 3.63) is 0 Å². The molecule has 0 aromatic heterocycles. The van der Waals surface area contributed by atoms with Gasteiger partial charge in [-0.3, -0.25) is 0 Å². The molecule has 0 aliphatic rings. The summed E-state index contributed by atoms with van der Waals surface area (Å²) < 4.78 is 6.45. The zero-order chi connectivity index (χ0) is 11.9. The second-order valence-electron chi connectivity index (χ2n) is 5.54. The van der Waals surface area contributed by atoms with Gasteiger partial charge >= 0.3 is 0 Å². The first-order valence-electron chi connectivity index (χ1n) is 6.12. The molecule has 0 saturated heterocycles.